The van der Waals surface area contributed by atoms with E-state index in [-0.39, 0.29) is 6.04 Å². The average molecular weight is 148 g/mol. The standard InChI is InChI=1S/C9H12N2/c10-8-3-1-2-6-7(8)4-5-9(6)11/h1-3,9H,4-5,10-11H2/t9-/m1/s1. The van der Waals surface area contributed by atoms with Crippen LogP contribution in [0.3, 0.4) is 0 Å². The summed E-state index contributed by atoms with van der Waals surface area (Å²) in [6, 6.07) is 6.20. The van der Waals surface area contributed by atoms with Gasteiger partial charge < -0.3 is 11.5 Å². The third kappa shape index (κ3) is 0.906. The van der Waals surface area contributed by atoms with Gasteiger partial charge >= 0.3 is 0 Å². The van der Waals surface area contributed by atoms with Crippen molar-refractivity contribution in [1.29, 1.82) is 0 Å². The maximum atomic E-state index is 5.86. The van der Waals surface area contributed by atoms with Gasteiger partial charge in [-0.1, -0.05) is 12.1 Å². The summed E-state index contributed by atoms with van der Waals surface area (Å²) >= 11 is 0. The van der Waals surface area contributed by atoms with Gasteiger partial charge in [-0.2, -0.15) is 0 Å². The van der Waals surface area contributed by atoms with Crippen molar-refractivity contribution in [3.63, 3.8) is 0 Å². The minimum atomic E-state index is 0.216. The van der Waals surface area contributed by atoms with Crippen molar-refractivity contribution in [2.75, 3.05) is 5.73 Å². The second-order valence-corrected chi connectivity index (χ2v) is 3.06. The van der Waals surface area contributed by atoms with Crippen molar-refractivity contribution in [3.05, 3.63) is 29.3 Å². The number of anilines is 1. The SMILES string of the molecule is Nc1cccc2c1CC[C@H]2N. The maximum Gasteiger partial charge on any atom is 0.0349 e. The van der Waals surface area contributed by atoms with Gasteiger partial charge in [-0.3, -0.25) is 0 Å². The van der Waals surface area contributed by atoms with E-state index >= 15 is 0 Å². The van der Waals surface area contributed by atoms with E-state index in [1.54, 1.807) is 0 Å². The summed E-state index contributed by atoms with van der Waals surface area (Å²) in [5.41, 5.74) is 15.0. The van der Waals surface area contributed by atoms with Gasteiger partial charge in [0.15, 0.2) is 0 Å². The first-order valence-electron chi connectivity index (χ1n) is 3.92. The lowest BCUT2D eigenvalue weighted by Gasteiger charge is -2.04. The molecule has 0 amide bonds. The van der Waals surface area contributed by atoms with Gasteiger partial charge in [0.2, 0.25) is 0 Å². The minimum absolute atomic E-state index is 0.216. The van der Waals surface area contributed by atoms with Gasteiger partial charge in [-0.25, -0.2) is 0 Å². The Labute approximate surface area is 66.2 Å². The summed E-state index contributed by atoms with van der Waals surface area (Å²) in [5.74, 6) is 0. The largest absolute Gasteiger partial charge is 0.398 e. The monoisotopic (exact) mass is 148 g/mol. The van der Waals surface area contributed by atoms with Crippen molar-refractivity contribution in [2.24, 2.45) is 5.73 Å². The Morgan fingerprint density at radius 1 is 1.36 bits per heavy atom. The number of hydrogen-bond acceptors (Lipinski definition) is 2. The molecule has 0 saturated carbocycles. The molecule has 11 heavy (non-hydrogen) atoms. The topological polar surface area (TPSA) is 52.0 Å². The molecule has 0 unspecified atom stereocenters. The van der Waals surface area contributed by atoms with Crippen molar-refractivity contribution in [2.45, 2.75) is 18.9 Å². The first-order chi connectivity index (χ1) is 5.29. The first kappa shape index (κ1) is 6.68. The Hall–Kier alpha value is -1.02. The smallest absolute Gasteiger partial charge is 0.0349 e. The average Bonchev–Trinajstić information content (AvgIpc) is 2.35. The van der Waals surface area contributed by atoms with Crippen LogP contribution in [0.4, 0.5) is 5.69 Å². The van der Waals surface area contributed by atoms with Gasteiger partial charge in [-0.05, 0) is 30.0 Å². The molecular weight excluding hydrogens is 136 g/mol. The number of nitrogen functional groups attached to an aromatic ring is 1. The predicted octanol–water partition coefficient (Wildman–Crippen LogP) is 1.21. The summed E-state index contributed by atoms with van der Waals surface area (Å²) in [4.78, 5) is 0. The molecule has 1 aliphatic carbocycles. The lowest BCUT2D eigenvalue weighted by molar-refractivity contribution is 0.713. The van der Waals surface area contributed by atoms with E-state index in [2.05, 4.69) is 6.07 Å². The number of nitrogens with two attached hydrogens (primary N) is 2. The zero-order valence-electron chi connectivity index (χ0n) is 6.38. The quantitative estimate of drug-likeness (QED) is 0.543. The van der Waals surface area contributed by atoms with Crippen LogP contribution in [-0.4, -0.2) is 0 Å². The second kappa shape index (κ2) is 2.24. The lowest BCUT2D eigenvalue weighted by atomic mass is 10.1. The number of benzene rings is 1. The third-order valence-corrected chi connectivity index (χ3v) is 2.35. The summed E-state index contributed by atoms with van der Waals surface area (Å²) in [5, 5.41) is 0. The van der Waals surface area contributed by atoms with E-state index in [9.17, 15) is 0 Å². The lowest BCUT2D eigenvalue weighted by Crippen LogP contribution is -2.05. The normalized spacial score (nSPS) is 21.7. The number of hydrogen-bond donors (Lipinski definition) is 2. The van der Waals surface area contributed by atoms with Crippen LogP contribution >= 0.6 is 0 Å². The molecule has 0 radical (unpaired) electrons. The molecule has 0 spiro atoms. The molecule has 0 aromatic heterocycles. The second-order valence-electron chi connectivity index (χ2n) is 3.06. The Kier molecular flexibility index (Phi) is 1.36. The molecule has 58 valence electrons. The van der Waals surface area contributed by atoms with Gasteiger partial charge in [0, 0.05) is 11.7 Å². The van der Waals surface area contributed by atoms with Crippen LogP contribution < -0.4 is 11.5 Å². The van der Waals surface area contributed by atoms with Crippen LogP contribution in [0, 0.1) is 0 Å². The Morgan fingerprint density at radius 2 is 2.18 bits per heavy atom. The highest BCUT2D eigenvalue weighted by Crippen LogP contribution is 2.32. The summed E-state index contributed by atoms with van der Waals surface area (Å²) in [7, 11) is 0. The van der Waals surface area contributed by atoms with Crippen LogP contribution in [0.25, 0.3) is 0 Å². The van der Waals surface area contributed by atoms with Gasteiger partial charge in [-0.15, -0.1) is 0 Å². The summed E-state index contributed by atoms with van der Waals surface area (Å²) in [6.07, 6.45) is 2.09. The molecule has 2 rings (SSSR count). The van der Waals surface area contributed by atoms with Crippen LogP contribution in [0.1, 0.15) is 23.6 Å². The molecule has 1 aliphatic rings. The highest BCUT2D eigenvalue weighted by molar-refractivity contribution is 5.53. The van der Waals surface area contributed by atoms with Gasteiger partial charge in [0.05, 0.1) is 0 Å². The predicted molar refractivity (Wildman–Crippen MR) is 46.1 cm³/mol. The fourth-order valence-electron chi connectivity index (χ4n) is 1.71. The van der Waals surface area contributed by atoms with Crippen molar-refractivity contribution < 1.29 is 0 Å². The number of rotatable bonds is 0. The molecule has 2 heteroatoms. The van der Waals surface area contributed by atoms with E-state index in [0.717, 1.165) is 18.5 Å². The Bertz CT molecular complexity index is 281. The highest BCUT2D eigenvalue weighted by Gasteiger charge is 2.19. The molecule has 4 N–H and O–H groups in total. The molecule has 0 aliphatic heterocycles. The van der Waals surface area contributed by atoms with Crippen molar-refractivity contribution in [3.8, 4) is 0 Å². The highest BCUT2D eigenvalue weighted by atomic mass is 14.7. The zero-order chi connectivity index (χ0) is 7.84. The molecule has 0 bridgehead atoms. The Morgan fingerprint density at radius 3 is 2.91 bits per heavy atom. The van der Waals surface area contributed by atoms with Crippen molar-refractivity contribution >= 4 is 5.69 Å². The van der Waals surface area contributed by atoms with E-state index < -0.39 is 0 Å². The van der Waals surface area contributed by atoms with Crippen LogP contribution in [-0.2, 0) is 6.42 Å². The van der Waals surface area contributed by atoms with Gasteiger partial charge in [0.25, 0.3) is 0 Å². The van der Waals surface area contributed by atoms with Crippen LogP contribution in [0.15, 0.2) is 18.2 Å². The third-order valence-electron chi connectivity index (χ3n) is 2.35. The van der Waals surface area contributed by atoms with E-state index in [0.29, 0.717) is 0 Å². The molecule has 1 aromatic carbocycles. The molecule has 2 nitrogen and oxygen atoms in total. The van der Waals surface area contributed by atoms with Crippen LogP contribution in [0.5, 0.6) is 0 Å². The molecule has 1 aromatic rings. The molecule has 1 atom stereocenters. The van der Waals surface area contributed by atoms with E-state index in [1.807, 2.05) is 12.1 Å². The summed E-state index contributed by atoms with van der Waals surface area (Å²) < 4.78 is 0. The molecule has 0 saturated heterocycles. The summed E-state index contributed by atoms with van der Waals surface area (Å²) in [6.45, 7) is 0. The van der Waals surface area contributed by atoms with E-state index in [4.69, 9.17) is 11.5 Å². The molecule has 0 fully saturated rings. The Balaban J connectivity index is 2.57. The van der Waals surface area contributed by atoms with Crippen LogP contribution in [0.2, 0.25) is 0 Å². The fraction of sp³-hybridized carbons (Fsp3) is 0.333. The maximum absolute atomic E-state index is 5.86. The minimum Gasteiger partial charge on any atom is -0.398 e. The van der Waals surface area contributed by atoms with E-state index in [1.165, 1.54) is 11.1 Å². The molecular formula is C9H12N2. The number of fused-ring (bicyclic) bond motifs is 1. The van der Waals surface area contributed by atoms with Gasteiger partial charge in [0.1, 0.15) is 0 Å². The molecule has 0 heterocycles. The fourth-order valence-corrected chi connectivity index (χ4v) is 1.71. The van der Waals surface area contributed by atoms with Crippen molar-refractivity contribution in [1.82, 2.24) is 0 Å². The zero-order valence-corrected chi connectivity index (χ0v) is 6.38. The first-order valence-corrected chi connectivity index (χ1v) is 3.92.